The van der Waals surface area contributed by atoms with Crippen LogP contribution in [0, 0.1) is 0 Å². The maximum atomic E-state index is 2.54. The van der Waals surface area contributed by atoms with Crippen LogP contribution >= 0.6 is 0 Å². The number of hydrogen-bond donors (Lipinski definition) is 0. The van der Waals surface area contributed by atoms with Crippen LogP contribution in [0.15, 0.2) is 30.3 Å². The molecule has 0 bridgehead atoms. The second-order valence-corrected chi connectivity index (χ2v) is 10.0. The first-order valence-corrected chi connectivity index (χ1v) is 8.86. The molecular weight excluding hydrogens is 184 g/mol. The summed E-state index contributed by atoms with van der Waals surface area (Å²) in [6.45, 7) is 7.26. The number of hydrogen-bond acceptors (Lipinski definition) is 0. The minimum absolute atomic E-state index is 0.880. The van der Waals surface area contributed by atoms with Crippen LogP contribution in [0.3, 0.4) is 0 Å². The highest BCUT2D eigenvalue weighted by atomic mass is 28.3. The summed E-state index contributed by atoms with van der Waals surface area (Å²) < 4.78 is 0. The average Bonchev–Trinajstić information content (AvgIpc) is 2.27. The fourth-order valence-corrected chi connectivity index (χ4v) is 3.79. The van der Waals surface area contributed by atoms with E-state index >= 15 is 0 Å². The molecule has 0 saturated carbocycles. The summed E-state index contributed by atoms with van der Waals surface area (Å²) in [4.78, 5) is 0. The first-order chi connectivity index (χ1) is 6.70. The van der Waals surface area contributed by atoms with Gasteiger partial charge in [-0.3, -0.25) is 0 Å². The van der Waals surface area contributed by atoms with Crippen molar-refractivity contribution in [2.24, 2.45) is 0 Å². The zero-order chi connectivity index (χ0) is 10.4. The Kier molecular flexibility index (Phi) is 4.40. The predicted octanol–water partition coefficient (Wildman–Crippen LogP) is 4.35. The van der Waals surface area contributed by atoms with Crippen molar-refractivity contribution in [3.8, 4) is 0 Å². The Bertz CT molecular complexity index is 249. The predicted molar refractivity (Wildman–Crippen MR) is 67.5 cm³/mol. The normalized spacial score (nSPS) is 11.6. The highest BCUT2D eigenvalue weighted by molar-refractivity contribution is 6.78. The molecule has 0 aliphatic heterocycles. The Morgan fingerprint density at radius 3 is 2.07 bits per heavy atom. The molecule has 0 unspecified atom stereocenters. The van der Waals surface area contributed by atoms with Gasteiger partial charge < -0.3 is 0 Å². The number of aryl methyl sites for hydroxylation is 1. The van der Waals surface area contributed by atoms with E-state index in [4.69, 9.17) is 0 Å². The summed E-state index contributed by atoms with van der Waals surface area (Å²) in [5.74, 6) is 0. The van der Waals surface area contributed by atoms with E-state index < -0.39 is 8.07 Å². The Morgan fingerprint density at radius 1 is 1.00 bits per heavy atom. The Labute approximate surface area is 89.4 Å². The standard InChI is InChI=1S/C13H22Si/c1-4-14(3,5-2)12-11-13-9-7-6-8-10-13/h6-10H,4-5,11-12H2,1-3H3. The molecule has 0 spiro atoms. The highest BCUT2D eigenvalue weighted by Gasteiger charge is 2.21. The van der Waals surface area contributed by atoms with E-state index in [9.17, 15) is 0 Å². The van der Waals surface area contributed by atoms with E-state index in [1.54, 1.807) is 0 Å². The fraction of sp³-hybridized carbons (Fsp3) is 0.538. The van der Waals surface area contributed by atoms with Gasteiger partial charge in [-0.15, -0.1) is 0 Å². The quantitative estimate of drug-likeness (QED) is 0.628. The molecule has 0 saturated heterocycles. The van der Waals surface area contributed by atoms with Gasteiger partial charge >= 0.3 is 0 Å². The lowest BCUT2D eigenvalue weighted by atomic mass is 10.2. The van der Waals surface area contributed by atoms with Gasteiger partial charge in [0.15, 0.2) is 0 Å². The second kappa shape index (κ2) is 5.35. The molecule has 0 aliphatic carbocycles. The SMILES string of the molecule is CC[Si](C)(CC)CCc1ccccc1. The van der Waals surface area contributed by atoms with Gasteiger partial charge in [-0.1, -0.05) is 68.9 Å². The average molecular weight is 206 g/mol. The van der Waals surface area contributed by atoms with Gasteiger partial charge in [0.2, 0.25) is 0 Å². The molecule has 1 rings (SSSR count). The zero-order valence-corrected chi connectivity index (χ0v) is 10.7. The molecule has 1 aromatic rings. The molecule has 0 fully saturated rings. The van der Waals surface area contributed by atoms with Gasteiger partial charge in [0.05, 0.1) is 8.07 Å². The molecule has 0 atom stereocenters. The minimum atomic E-state index is -0.880. The Morgan fingerprint density at radius 2 is 1.57 bits per heavy atom. The van der Waals surface area contributed by atoms with Gasteiger partial charge in [-0.2, -0.15) is 0 Å². The fourth-order valence-electron chi connectivity index (χ4n) is 1.69. The summed E-state index contributed by atoms with van der Waals surface area (Å²) in [6.07, 6.45) is 1.28. The van der Waals surface area contributed by atoms with Crippen LogP contribution in [-0.4, -0.2) is 8.07 Å². The summed E-state index contributed by atoms with van der Waals surface area (Å²) >= 11 is 0. The van der Waals surface area contributed by atoms with Crippen LogP contribution < -0.4 is 0 Å². The molecule has 0 aromatic heterocycles. The molecule has 0 aliphatic rings. The van der Waals surface area contributed by atoms with Gasteiger partial charge in [0, 0.05) is 0 Å². The van der Waals surface area contributed by atoms with Crippen LogP contribution in [0.1, 0.15) is 19.4 Å². The van der Waals surface area contributed by atoms with Crippen molar-refractivity contribution in [3.05, 3.63) is 35.9 Å². The van der Waals surface area contributed by atoms with Gasteiger partial charge in [0.1, 0.15) is 0 Å². The first kappa shape index (κ1) is 11.5. The molecule has 1 aromatic carbocycles. The summed E-state index contributed by atoms with van der Waals surface area (Å²) in [7, 11) is -0.880. The molecule has 0 heterocycles. The van der Waals surface area contributed by atoms with Crippen LogP contribution in [0.4, 0.5) is 0 Å². The molecule has 0 radical (unpaired) electrons. The minimum Gasteiger partial charge on any atom is -0.0692 e. The molecule has 78 valence electrons. The maximum absolute atomic E-state index is 2.54. The van der Waals surface area contributed by atoms with E-state index in [-0.39, 0.29) is 0 Å². The topological polar surface area (TPSA) is 0 Å². The highest BCUT2D eigenvalue weighted by Crippen LogP contribution is 2.22. The molecule has 0 amide bonds. The van der Waals surface area contributed by atoms with E-state index in [0.717, 1.165) is 0 Å². The lowest BCUT2D eigenvalue weighted by molar-refractivity contribution is 1.05. The van der Waals surface area contributed by atoms with E-state index in [2.05, 4.69) is 50.7 Å². The third-order valence-electron chi connectivity index (χ3n) is 3.57. The maximum Gasteiger partial charge on any atom is 0.0502 e. The number of rotatable bonds is 5. The van der Waals surface area contributed by atoms with Crippen LogP contribution in [0.5, 0.6) is 0 Å². The summed E-state index contributed by atoms with van der Waals surface area (Å²) in [6, 6.07) is 15.2. The Balaban J connectivity index is 2.48. The molecule has 1 heteroatoms. The van der Waals surface area contributed by atoms with Crippen LogP contribution in [-0.2, 0) is 6.42 Å². The van der Waals surface area contributed by atoms with E-state index in [1.165, 1.54) is 30.1 Å². The monoisotopic (exact) mass is 206 g/mol. The van der Waals surface area contributed by atoms with Crippen molar-refractivity contribution in [1.82, 2.24) is 0 Å². The van der Waals surface area contributed by atoms with Crippen molar-refractivity contribution in [1.29, 1.82) is 0 Å². The third kappa shape index (κ3) is 3.30. The molecule has 0 N–H and O–H groups in total. The van der Waals surface area contributed by atoms with Crippen molar-refractivity contribution in [2.75, 3.05) is 0 Å². The third-order valence-corrected chi connectivity index (χ3v) is 8.44. The largest absolute Gasteiger partial charge is 0.0692 e. The van der Waals surface area contributed by atoms with Crippen molar-refractivity contribution >= 4 is 8.07 Å². The summed E-state index contributed by atoms with van der Waals surface area (Å²) in [5.41, 5.74) is 1.51. The van der Waals surface area contributed by atoms with Crippen molar-refractivity contribution in [3.63, 3.8) is 0 Å². The number of benzene rings is 1. The Hall–Kier alpha value is -0.563. The van der Waals surface area contributed by atoms with Gasteiger partial charge in [-0.25, -0.2) is 0 Å². The summed E-state index contributed by atoms with van der Waals surface area (Å²) in [5, 5.41) is 0. The van der Waals surface area contributed by atoms with Crippen LogP contribution in [0.25, 0.3) is 0 Å². The van der Waals surface area contributed by atoms with Gasteiger partial charge in [-0.05, 0) is 12.0 Å². The first-order valence-electron chi connectivity index (χ1n) is 5.74. The van der Waals surface area contributed by atoms with Crippen molar-refractivity contribution in [2.45, 2.75) is 44.9 Å². The van der Waals surface area contributed by atoms with Crippen molar-refractivity contribution < 1.29 is 0 Å². The lowest BCUT2D eigenvalue weighted by Crippen LogP contribution is -2.27. The second-order valence-electron chi connectivity index (χ2n) is 4.50. The molecule has 14 heavy (non-hydrogen) atoms. The van der Waals surface area contributed by atoms with Crippen LogP contribution in [0.2, 0.25) is 24.7 Å². The van der Waals surface area contributed by atoms with E-state index in [0.29, 0.717) is 0 Å². The smallest absolute Gasteiger partial charge is 0.0502 e. The zero-order valence-electron chi connectivity index (χ0n) is 9.72. The lowest BCUT2D eigenvalue weighted by Gasteiger charge is -2.23. The van der Waals surface area contributed by atoms with Gasteiger partial charge in [0.25, 0.3) is 0 Å². The molecule has 0 nitrogen and oxygen atoms in total. The molecular formula is C13H22Si. The van der Waals surface area contributed by atoms with E-state index in [1.807, 2.05) is 0 Å².